The van der Waals surface area contributed by atoms with Gasteiger partial charge < -0.3 is 20.6 Å². The molecule has 1 amide bonds. The molecule has 0 bridgehead atoms. The molecule has 0 spiro atoms. The standard InChI is InChI=1S/C24H18N4O4S/c1-13-19(29)8-7-17-15(10-20(30)32-21(13)17)12-33-24-14(11-25)9-18(22(26)28-24)23(31)27-16-5-3-2-4-6-16/h2-10,29H,12H2,1H3,(H2,26,28)(H,27,31). The number of benzene rings is 2. The third-order valence-corrected chi connectivity index (χ3v) is 6.04. The maximum atomic E-state index is 12.6. The third-order valence-electron chi connectivity index (χ3n) is 5.00. The fraction of sp³-hybridized carbons (Fsp3) is 0.0833. The number of nitrogens with two attached hydrogens (primary N) is 1. The smallest absolute Gasteiger partial charge is 0.336 e. The predicted molar refractivity (Wildman–Crippen MR) is 126 cm³/mol. The van der Waals surface area contributed by atoms with Gasteiger partial charge in [0.05, 0.1) is 11.1 Å². The van der Waals surface area contributed by atoms with Gasteiger partial charge in [0.2, 0.25) is 0 Å². The lowest BCUT2D eigenvalue weighted by Crippen LogP contribution is -2.15. The van der Waals surface area contributed by atoms with Crippen LogP contribution < -0.4 is 16.7 Å². The number of para-hydroxylation sites is 1. The van der Waals surface area contributed by atoms with Crippen LogP contribution in [-0.4, -0.2) is 16.0 Å². The Kier molecular flexibility index (Phi) is 6.02. The van der Waals surface area contributed by atoms with Gasteiger partial charge in [-0.1, -0.05) is 18.2 Å². The Bertz CT molecular complexity index is 1480. The SMILES string of the molecule is Cc1c(O)ccc2c(CSc3nc(N)c(C(=O)Nc4ccccc4)cc3C#N)cc(=O)oc12. The van der Waals surface area contributed by atoms with Crippen molar-refractivity contribution >= 4 is 40.1 Å². The molecular formula is C24H18N4O4S. The number of aromatic nitrogens is 1. The lowest BCUT2D eigenvalue weighted by molar-refractivity contribution is 0.102. The van der Waals surface area contributed by atoms with Gasteiger partial charge in [0, 0.05) is 28.5 Å². The Morgan fingerprint density at radius 3 is 2.73 bits per heavy atom. The van der Waals surface area contributed by atoms with Gasteiger partial charge in [0.15, 0.2) is 0 Å². The molecular weight excluding hydrogens is 440 g/mol. The summed E-state index contributed by atoms with van der Waals surface area (Å²) >= 11 is 1.21. The fourth-order valence-corrected chi connectivity index (χ4v) is 4.24. The first kappa shape index (κ1) is 21.9. The zero-order valence-corrected chi connectivity index (χ0v) is 18.3. The highest BCUT2D eigenvalue weighted by Crippen LogP contribution is 2.32. The minimum Gasteiger partial charge on any atom is -0.508 e. The van der Waals surface area contributed by atoms with Crippen molar-refractivity contribution in [3.8, 4) is 11.8 Å². The van der Waals surface area contributed by atoms with E-state index in [0.717, 1.165) is 0 Å². The zero-order chi connectivity index (χ0) is 23.5. The predicted octanol–water partition coefficient (Wildman–Crippen LogP) is 4.20. The average Bonchev–Trinajstić information content (AvgIpc) is 2.80. The Morgan fingerprint density at radius 1 is 1.24 bits per heavy atom. The van der Waals surface area contributed by atoms with Crippen molar-refractivity contribution in [2.24, 2.45) is 0 Å². The van der Waals surface area contributed by atoms with E-state index in [9.17, 15) is 20.0 Å². The van der Waals surface area contributed by atoms with Crippen LogP contribution in [0.15, 0.2) is 68.8 Å². The van der Waals surface area contributed by atoms with Gasteiger partial charge in [0.1, 0.15) is 28.2 Å². The Hall–Kier alpha value is -4.29. The molecule has 0 fully saturated rings. The maximum absolute atomic E-state index is 12.6. The van der Waals surface area contributed by atoms with E-state index < -0.39 is 11.5 Å². The van der Waals surface area contributed by atoms with Crippen LogP contribution in [0.5, 0.6) is 5.75 Å². The lowest BCUT2D eigenvalue weighted by Gasteiger charge is -2.11. The normalized spacial score (nSPS) is 10.7. The minimum atomic E-state index is -0.548. The fourth-order valence-electron chi connectivity index (χ4n) is 3.28. The molecule has 0 saturated carbocycles. The summed E-state index contributed by atoms with van der Waals surface area (Å²) in [7, 11) is 0. The summed E-state index contributed by atoms with van der Waals surface area (Å²) in [6.45, 7) is 1.66. The van der Waals surface area contributed by atoms with E-state index in [2.05, 4.69) is 16.4 Å². The quantitative estimate of drug-likeness (QED) is 0.298. The summed E-state index contributed by atoms with van der Waals surface area (Å²) in [4.78, 5) is 28.9. The highest BCUT2D eigenvalue weighted by atomic mass is 32.2. The van der Waals surface area contributed by atoms with Gasteiger partial charge in [0.25, 0.3) is 5.91 Å². The van der Waals surface area contributed by atoms with E-state index >= 15 is 0 Å². The minimum absolute atomic E-state index is 0.0110. The highest BCUT2D eigenvalue weighted by Gasteiger charge is 2.18. The number of carbonyl (C=O) groups is 1. The number of pyridine rings is 1. The first-order chi connectivity index (χ1) is 15.9. The van der Waals surface area contributed by atoms with E-state index in [0.29, 0.717) is 38.6 Å². The molecule has 0 aliphatic heterocycles. The first-order valence-electron chi connectivity index (χ1n) is 9.82. The molecule has 0 radical (unpaired) electrons. The van der Waals surface area contributed by atoms with Gasteiger partial charge in [-0.05, 0) is 42.8 Å². The summed E-state index contributed by atoms with van der Waals surface area (Å²) in [5.41, 5.74) is 7.78. The van der Waals surface area contributed by atoms with E-state index in [4.69, 9.17) is 10.2 Å². The number of carbonyl (C=O) groups excluding carboxylic acids is 1. The number of amides is 1. The number of fused-ring (bicyclic) bond motifs is 1. The first-order valence-corrected chi connectivity index (χ1v) is 10.8. The second-order valence-electron chi connectivity index (χ2n) is 7.17. The molecule has 0 atom stereocenters. The van der Waals surface area contributed by atoms with Crippen molar-refractivity contribution in [1.82, 2.24) is 4.98 Å². The summed E-state index contributed by atoms with van der Waals surface area (Å²) in [5.74, 6) is -0.159. The molecule has 2 aromatic carbocycles. The maximum Gasteiger partial charge on any atom is 0.336 e. The van der Waals surface area contributed by atoms with Crippen LogP contribution in [0.2, 0.25) is 0 Å². The molecule has 4 rings (SSSR count). The number of aromatic hydroxyl groups is 1. The monoisotopic (exact) mass is 458 g/mol. The number of nitrogen functional groups attached to an aromatic ring is 1. The van der Waals surface area contributed by atoms with E-state index in [1.165, 1.54) is 30.0 Å². The number of hydrogen-bond donors (Lipinski definition) is 3. The number of phenolic OH excluding ortho intramolecular Hbond substituents is 1. The molecule has 2 aromatic heterocycles. The number of nitrogens with one attached hydrogen (secondary N) is 1. The zero-order valence-electron chi connectivity index (χ0n) is 17.5. The topological polar surface area (TPSA) is 142 Å². The van der Waals surface area contributed by atoms with Gasteiger partial charge in [-0.15, -0.1) is 11.8 Å². The number of hydrogen-bond acceptors (Lipinski definition) is 8. The van der Waals surface area contributed by atoms with Crippen LogP contribution in [0.1, 0.15) is 27.0 Å². The van der Waals surface area contributed by atoms with Crippen LogP contribution in [0.4, 0.5) is 11.5 Å². The van der Waals surface area contributed by atoms with Crippen LogP contribution in [0.25, 0.3) is 11.0 Å². The number of aryl methyl sites for hydroxylation is 1. The van der Waals surface area contributed by atoms with Gasteiger partial charge in [-0.3, -0.25) is 4.79 Å². The molecule has 9 heteroatoms. The summed E-state index contributed by atoms with van der Waals surface area (Å²) in [5, 5.41) is 23.3. The van der Waals surface area contributed by atoms with Crippen molar-refractivity contribution in [3.63, 3.8) is 0 Å². The Balaban J connectivity index is 1.63. The number of nitriles is 1. The number of phenols is 1. The number of nitrogens with zero attached hydrogens (tertiary/aromatic N) is 2. The largest absolute Gasteiger partial charge is 0.508 e. The van der Waals surface area contributed by atoms with Crippen molar-refractivity contribution in [3.05, 3.63) is 87.3 Å². The summed E-state index contributed by atoms with van der Waals surface area (Å²) in [6, 6.07) is 16.9. The third kappa shape index (κ3) is 4.51. The number of anilines is 2. The molecule has 0 saturated heterocycles. The second-order valence-corrected chi connectivity index (χ2v) is 8.14. The van der Waals surface area contributed by atoms with Crippen molar-refractivity contribution in [2.75, 3.05) is 11.1 Å². The van der Waals surface area contributed by atoms with Crippen molar-refractivity contribution < 1.29 is 14.3 Å². The van der Waals surface area contributed by atoms with Gasteiger partial charge in [-0.2, -0.15) is 5.26 Å². The molecule has 0 aliphatic rings. The Morgan fingerprint density at radius 2 is 2.00 bits per heavy atom. The van der Waals surface area contributed by atoms with E-state index in [-0.39, 0.29) is 22.7 Å². The highest BCUT2D eigenvalue weighted by molar-refractivity contribution is 7.98. The molecule has 33 heavy (non-hydrogen) atoms. The Labute approximate surface area is 192 Å². The molecule has 4 N–H and O–H groups in total. The molecule has 164 valence electrons. The molecule has 8 nitrogen and oxygen atoms in total. The molecule has 0 aliphatic carbocycles. The number of rotatable bonds is 5. The van der Waals surface area contributed by atoms with Crippen LogP contribution in [-0.2, 0) is 5.75 Å². The van der Waals surface area contributed by atoms with Crippen LogP contribution >= 0.6 is 11.8 Å². The summed E-state index contributed by atoms with van der Waals surface area (Å²) < 4.78 is 5.26. The second kappa shape index (κ2) is 9.06. The lowest BCUT2D eigenvalue weighted by atomic mass is 10.1. The van der Waals surface area contributed by atoms with Gasteiger partial charge in [-0.25, -0.2) is 9.78 Å². The van der Waals surface area contributed by atoms with Crippen molar-refractivity contribution in [1.29, 1.82) is 5.26 Å². The number of thioether (sulfide) groups is 1. The molecule has 4 aromatic rings. The molecule has 2 heterocycles. The van der Waals surface area contributed by atoms with E-state index in [1.54, 1.807) is 37.3 Å². The van der Waals surface area contributed by atoms with Crippen LogP contribution in [0.3, 0.4) is 0 Å². The van der Waals surface area contributed by atoms with Gasteiger partial charge >= 0.3 is 5.63 Å². The van der Waals surface area contributed by atoms with Crippen molar-refractivity contribution in [2.45, 2.75) is 17.7 Å². The summed E-state index contributed by atoms with van der Waals surface area (Å²) in [6.07, 6.45) is 0. The average molecular weight is 458 g/mol. The van der Waals surface area contributed by atoms with E-state index in [1.807, 2.05) is 6.07 Å². The van der Waals surface area contributed by atoms with Crippen LogP contribution in [0, 0.1) is 18.3 Å². The molecule has 0 unspecified atom stereocenters.